The van der Waals surface area contributed by atoms with Gasteiger partial charge in [0, 0.05) is 30.8 Å². The van der Waals surface area contributed by atoms with E-state index >= 15 is 0 Å². The first-order valence-corrected chi connectivity index (χ1v) is 5.78. The molecule has 1 N–H and O–H groups in total. The zero-order valence-corrected chi connectivity index (χ0v) is 10.2. The van der Waals surface area contributed by atoms with Gasteiger partial charge in [0.15, 0.2) is 0 Å². The Bertz CT molecular complexity index is 468. The largest absolute Gasteiger partial charge is 0.313 e. The fraction of sp³-hybridized carbons (Fsp3) is 0.286. The van der Waals surface area contributed by atoms with Gasteiger partial charge in [-0.3, -0.25) is 9.97 Å². The molecule has 0 aliphatic heterocycles. The maximum Gasteiger partial charge on any atom is 0.0362 e. The Labute approximate surface area is 102 Å². The molecule has 2 heterocycles. The summed E-state index contributed by atoms with van der Waals surface area (Å²) >= 11 is 0. The average Bonchev–Trinajstić information content (AvgIpc) is 2.38. The third kappa shape index (κ3) is 2.88. The number of nitrogens with one attached hydrogen (secondary N) is 1. The maximum atomic E-state index is 4.13. The van der Waals surface area contributed by atoms with Crippen molar-refractivity contribution in [3.05, 3.63) is 59.7 Å². The highest BCUT2D eigenvalue weighted by molar-refractivity contribution is 5.27. The van der Waals surface area contributed by atoms with Crippen LogP contribution < -0.4 is 5.32 Å². The van der Waals surface area contributed by atoms with Crippen LogP contribution in [-0.4, -0.2) is 17.0 Å². The number of hydrogen-bond acceptors (Lipinski definition) is 3. The molecular formula is C14H17N3. The van der Waals surface area contributed by atoms with Crippen LogP contribution in [0.1, 0.15) is 22.7 Å². The lowest BCUT2D eigenvalue weighted by atomic mass is 9.97. The second kappa shape index (κ2) is 5.55. The molecule has 1 unspecified atom stereocenters. The third-order valence-electron chi connectivity index (χ3n) is 2.98. The summed E-state index contributed by atoms with van der Waals surface area (Å²) in [6.07, 6.45) is 8.39. The SMILES string of the molecule is CNC(Cc1ccncc1)c1ccncc1C. The van der Waals surface area contributed by atoms with Crippen molar-refractivity contribution in [3.63, 3.8) is 0 Å². The van der Waals surface area contributed by atoms with E-state index in [1.807, 2.05) is 31.8 Å². The molecule has 0 aromatic carbocycles. The fourth-order valence-corrected chi connectivity index (χ4v) is 2.00. The lowest BCUT2D eigenvalue weighted by molar-refractivity contribution is 0.588. The second-order valence-corrected chi connectivity index (χ2v) is 4.13. The molecule has 0 fully saturated rings. The van der Waals surface area contributed by atoms with E-state index in [0.717, 1.165) is 6.42 Å². The minimum absolute atomic E-state index is 0.320. The van der Waals surface area contributed by atoms with Gasteiger partial charge < -0.3 is 5.32 Å². The molecule has 0 amide bonds. The number of hydrogen-bond donors (Lipinski definition) is 1. The minimum Gasteiger partial charge on any atom is -0.313 e. The molecule has 2 aromatic rings. The van der Waals surface area contributed by atoms with Gasteiger partial charge in [0.1, 0.15) is 0 Å². The van der Waals surface area contributed by atoms with Crippen LogP contribution in [0.3, 0.4) is 0 Å². The number of pyridine rings is 2. The standard InChI is InChI=1S/C14H17N3/c1-11-10-17-8-5-13(11)14(15-2)9-12-3-6-16-7-4-12/h3-8,10,14-15H,9H2,1-2H3. The summed E-state index contributed by atoms with van der Waals surface area (Å²) in [4.78, 5) is 8.17. The molecule has 0 aliphatic carbocycles. The van der Waals surface area contributed by atoms with Crippen LogP contribution in [0.5, 0.6) is 0 Å². The Morgan fingerprint density at radius 1 is 1.12 bits per heavy atom. The Balaban J connectivity index is 2.21. The van der Waals surface area contributed by atoms with Gasteiger partial charge in [-0.2, -0.15) is 0 Å². The molecular weight excluding hydrogens is 210 g/mol. The summed E-state index contributed by atoms with van der Waals surface area (Å²) in [5.74, 6) is 0. The van der Waals surface area contributed by atoms with E-state index in [9.17, 15) is 0 Å². The summed E-state index contributed by atoms with van der Waals surface area (Å²) in [6, 6.07) is 6.51. The van der Waals surface area contributed by atoms with Crippen molar-refractivity contribution in [1.29, 1.82) is 0 Å². The molecule has 0 radical (unpaired) electrons. The van der Waals surface area contributed by atoms with Crippen LogP contribution in [0.2, 0.25) is 0 Å². The Morgan fingerprint density at radius 2 is 1.82 bits per heavy atom. The van der Waals surface area contributed by atoms with Crippen LogP contribution in [0.25, 0.3) is 0 Å². The van der Waals surface area contributed by atoms with Gasteiger partial charge in [-0.15, -0.1) is 0 Å². The van der Waals surface area contributed by atoms with Crippen LogP contribution in [0.4, 0.5) is 0 Å². The average molecular weight is 227 g/mol. The van der Waals surface area contributed by atoms with E-state index in [0.29, 0.717) is 6.04 Å². The Kier molecular flexibility index (Phi) is 3.83. The zero-order chi connectivity index (χ0) is 12.1. The molecule has 0 spiro atoms. The molecule has 88 valence electrons. The molecule has 1 atom stereocenters. The van der Waals surface area contributed by atoms with Gasteiger partial charge in [0.2, 0.25) is 0 Å². The number of likely N-dealkylation sites (N-methyl/N-ethyl adjacent to an activating group) is 1. The van der Waals surface area contributed by atoms with Gasteiger partial charge in [-0.05, 0) is 55.3 Å². The van der Waals surface area contributed by atoms with E-state index in [1.165, 1.54) is 16.7 Å². The highest BCUT2D eigenvalue weighted by Gasteiger charge is 2.11. The predicted octanol–water partition coefficient (Wildman–Crippen LogP) is 2.29. The lowest BCUT2D eigenvalue weighted by Gasteiger charge is -2.18. The summed E-state index contributed by atoms with van der Waals surface area (Å²) in [6.45, 7) is 2.10. The van der Waals surface area contributed by atoms with Gasteiger partial charge in [-0.1, -0.05) is 0 Å². The predicted molar refractivity (Wildman–Crippen MR) is 68.7 cm³/mol. The van der Waals surface area contributed by atoms with Gasteiger partial charge >= 0.3 is 0 Å². The van der Waals surface area contributed by atoms with Gasteiger partial charge in [0.05, 0.1) is 0 Å². The van der Waals surface area contributed by atoms with Crippen LogP contribution in [0.15, 0.2) is 43.0 Å². The maximum absolute atomic E-state index is 4.13. The van der Waals surface area contributed by atoms with E-state index in [1.54, 1.807) is 0 Å². The zero-order valence-electron chi connectivity index (χ0n) is 10.2. The molecule has 0 saturated carbocycles. The molecule has 2 rings (SSSR count). The van der Waals surface area contributed by atoms with E-state index in [2.05, 4.69) is 40.4 Å². The minimum atomic E-state index is 0.320. The third-order valence-corrected chi connectivity index (χ3v) is 2.98. The Hall–Kier alpha value is -1.74. The van der Waals surface area contributed by atoms with Crippen molar-refractivity contribution in [2.45, 2.75) is 19.4 Å². The number of aromatic nitrogens is 2. The number of rotatable bonds is 4. The molecule has 0 aliphatic rings. The summed E-state index contributed by atoms with van der Waals surface area (Å²) in [5.41, 5.74) is 3.82. The van der Waals surface area contributed by atoms with Crippen molar-refractivity contribution < 1.29 is 0 Å². The molecule has 3 heteroatoms. The first-order valence-electron chi connectivity index (χ1n) is 5.78. The van der Waals surface area contributed by atoms with Gasteiger partial charge in [0.25, 0.3) is 0 Å². The van der Waals surface area contributed by atoms with Crippen molar-refractivity contribution in [2.75, 3.05) is 7.05 Å². The number of nitrogens with zero attached hydrogens (tertiary/aromatic N) is 2. The lowest BCUT2D eigenvalue weighted by Crippen LogP contribution is -2.19. The second-order valence-electron chi connectivity index (χ2n) is 4.13. The summed E-state index contributed by atoms with van der Waals surface area (Å²) in [7, 11) is 1.99. The number of aryl methyl sites for hydroxylation is 1. The van der Waals surface area contributed by atoms with Crippen molar-refractivity contribution in [2.24, 2.45) is 0 Å². The van der Waals surface area contributed by atoms with Crippen LogP contribution >= 0.6 is 0 Å². The first kappa shape index (κ1) is 11.7. The first-order chi connectivity index (χ1) is 8.31. The molecule has 17 heavy (non-hydrogen) atoms. The van der Waals surface area contributed by atoms with E-state index < -0.39 is 0 Å². The van der Waals surface area contributed by atoms with E-state index in [4.69, 9.17) is 0 Å². The topological polar surface area (TPSA) is 37.8 Å². The molecule has 0 bridgehead atoms. The fourth-order valence-electron chi connectivity index (χ4n) is 2.00. The summed E-state index contributed by atoms with van der Waals surface area (Å²) < 4.78 is 0. The normalized spacial score (nSPS) is 12.4. The van der Waals surface area contributed by atoms with Crippen LogP contribution in [0, 0.1) is 6.92 Å². The van der Waals surface area contributed by atoms with Crippen molar-refractivity contribution in [3.8, 4) is 0 Å². The highest BCUT2D eigenvalue weighted by Crippen LogP contribution is 2.20. The molecule has 3 nitrogen and oxygen atoms in total. The Morgan fingerprint density at radius 3 is 2.47 bits per heavy atom. The summed E-state index contributed by atoms with van der Waals surface area (Å²) in [5, 5.41) is 3.36. The van der Waals surface area contributed by atoms with Crippen molar-refractivity contribution in [1.82, 2.24) is 15.3 Å². The van der Waals surface area contributed by atoms with Crippen molar-refractivity contribution >= 4 is 0 Å². The molecule has 0 saturated heterocycles. The smallest absolute Gasteiger partial charge is 0.0362 e. The quantitative estimate of drug-likeness (QED) is 0.870. The highest BCUT2D eigenvalue weighted by atomic mass is 14.9. The van der Waals surface area contributed by atoms with E-state index in [-0.39, 0.29) is 0 Å². The van der Waals surface area contributed by atoms with Gasteiger partial charge in [-0.25, -0.2) is 0 Å². The monoisotopic (exact) mass is 227 g/mol. The molecule has 2 aromatic heterocycles. The van der Waals surface area contributed by atoms with Crippen LogP contribution in [-0.2, 0) is 6.42 Å².